The Morgan fingerprint density at radius 2 is 2.13 bits per heavy atom. The highest BCUT2D eigenvalue weighted by Gasteiger charge is 2.14. The fraction of sp³-hybridized carbons (Fsp3) is 0.364. The molecule has 0 aliphatic carbocycles. The molecule has 1 aliphatic rings. The van der Waals surface area contributed by atoms with Gasteiger partial charge in [-0.2, -0.15) is 0 Å². The van der Waals surface area contributed by atoms with Gasteiger partial charge in [0.25, 0.3) is 0 Å². The van der Waals surface area contributed by atoms with Crippen molar-refractivity contribution >= 4 is 11.5 Å². The van der Waals surface area contributed by atoms with Gasteiger partial charge in [0.2, 0.25) is 6.79 Å². The number of anilines is 1. The number of benzene rings is 1. The molecule has 1 aromatic carbocycles. The number of likely N-dealkylation sites (N-methyl/N-ethyl adjacent to an activating group) is 1. The summed E-state index contributed by atoms with van der Waals surface area (Å²) in [5.74, 6) is 1.63. The van der Waals surface area contributed by atoms with Gasteiger partial charge in [0, 0.05) is 18.8 Å². The first kappa shape index (κ1) is 9.83. The van der Waals surface area contributed by atoms with Gasteiger partial charge in [0.1, 0.15) is 5.78 Å². The number of carbonyl (C=O) groups is 1. The van der Waals surface area contributed by atoms with E-state index >= 15 is 0 Å². The Kier molecular flexibility index (Phi) is 2.49. The number of carbonyl (C=O) groups excluding carboxylic acids is 1. The molecule has 0 atom stereocenters. The normalized spacial score (nSPS) is 12.7. The Morgan fingerprint density at radius 3 is 2.87 bits per heavy atom. The quantitative estimate of drug-likeness (QED) is 0.751. The third-order valence-corrected chi connectivity index (χ3v) is 2.26. The number of nitrogens with zero attached hydrogens (tertiary/aromatic N) is 1. The van der Waals surface area contributed by atoms with Crippen molar-refractivity contribution in [2.75, 3.05) is 25.3 Å². The smallest absolute Gasteiger partial charge is 0.231 e. The zero-order chi connectivity index (χ0) is 10.8. The van der Waals surface area contributed by atoms with Crippen molar-refractivity contribution in [3.8, 4) is 11.5 Å². The van der Waals surface area contributed by atoms with Gasteiger partial charge in [-0.25, -0.2) is 0 Å². The van der Waals surface area contributed by atoms with E-state index in [0.29, 0.717) is 6.54 Å². The second kappa shape index (κ2) is 3.81. The van der Waals surface area contributed by atoms with Crippen molar-refractivity contribution in [2.24, 2.45) is 0 Å². The fourth-order valence-electron chi connectivity index (χ4n) is 1.55. The molecule has 1 aromatic rings. The van der Waals surface area contributed by atoms with Crippen LogP contribution in [0.15, 0.2) is 18.2 Å². The number of hydrogen-bond donors (Lipinski definition) is 0. The minimum Gasteiger partial charge on any atom is -0.454 e. The van der Waals surface area contributed by atoms with E-state index in [0.717, 1.165) is 17.2 Å². The summed E-state index contributed by atoms with van der Waals surface area (Å²) in [6.07, 6.45) is 0. The molecule has 0 radical (unpaired) electrons. The molecule has 1 heterocycles. The summed E-state index contributed by atoms with van der Waals surface area (Å²) in [6, 6.07) is 5.65. The van der Waals surface area contributed by atoms with E-state index in [2.05, 4.69) is 0 Å². The average Bonchev–Trinajstić information content (AvgIpc) is 2.62. The molecule has 0 fully saturated rings. The molecule has 0 spiro atoms. The Labute approximate surface area is 88.4 Å². The van der Waals surface area contributed by atoms with Crippen LogP contribution in [0.3, 0.4) is 0 Å². The minimum absolute atomic E-state index is 0.134. The standard InChI is InChI=1S/C11H13NO3/c1-8(13)6-12(2)9-3-4-10-11(5-9)15-7-14-10/h3-5H,6-7H2,1-2H3. The SMILES string of the molecule is CC(=O)CN(C)c1ccc2c(c1)OCO2. The molecule has 1 aliphatic heterocycles. The Hall–Kier alpha value is -1.71. The van der Waals surface area contributed by atoms with E-state index in [1.165, 1.54) is 0 Å². The maximum atomic E-state index is 11.0. The van der Waals surface area contributed by atoms with Crippen LogP contribution in [0.2, 0.25) is 0 Å². The highest BCUT2D eigenvalue weighted by atomic mass is 16.7. The van der Waals surface area contributed by atoms with Crippen LogP contribution < -0.4 is 14.4 Å². The summed E-state index contributed by atoms with van der Waals surface area (Å²) in [4.78, 5) is 12.8. The van der Waals surface area contributed by atoms with Crippen molar-refractivity contribution in [3.63, 3.8) is 0 Å². The molecule has 80 valence electrons. The highest BCUT2D eigenvalue weighted by Crippen LogP contribution is 2.35. The average molecular weight is 207 g/mol. The van der Waals surface area contributed by atoms with Gasteiger partial charge in [-0.15, -0.1) is 0 Å². The van der Waals surface area contributed by atoms with Gasteiger partial charge in [-0.05, 0) is 19.1 Å². The van der Waals surface area contributed by atoms with E-state index in [4.69, 9.17) is 9.47 Å². The molecule has 0 N–H and O–H groups in total. The molecule has 0 saturated heterocycles. The van der Waals surface area contributed by atoms with Crippen molar-refractivity contribution < 1.29 is 14.3 Å². The summed E-state index contributed by atoms with van der Waals surface area (Å²) < 4.78 is 10.5. The molecule has 4 heteroatoms. The van der Waals surface area contributed by atoms with Crippen LogP contribution in [0.5, 0.6) is 11.5 Å². The minimum atomic E-state index is 0.134. The van der Waals surface area contributed by atoms with Crippen LogP contribution in [0.25, 0.3) is 0 Å². The summed E-state index contributed by atoms with van der Waals surface area (Å²) in [5, 5.41) is 0. The molecule has 0 amide bonds. The monoisotopic (exact) mass is 207 g/mol. The number of rotatable bonds is 3. The van der Waals surface area contributed by atoms with Gasteiger partial charge in [0.05, 0.1) is 6.54 Å². The predicted molar refractivity (Wildman–Crippen MR) is 56.5 cm³/mol. The Bertz CT molecular complexity index is 389. The summed E-state index contributed by atoms with van der Waals surface area (Å²) in [7, 11) is 1.87. The molecule has 0 bridgehead atoms. The molecular weight excluding hydrogens is 194 g/mol. The lowest BCUT2D eigenvalue weighted by Crippen LogP contribution is -2.23. The summed E-state index contributed by atoms with van der Waals surface area (Å²) >= 11 is 0. The largest absolute Gasteiger partial charge is 0.454 e. The van der Waals surface area contributed by atoms with Crippen LogP contribution in [-0.4, -0.2) is 26.2 Å². The molecule has 0 aromatic heterocycles. The van der Waals surface area contributed by atoms with E-state index in [1.807, 2.05) is 30.1 Å². The second-order valence-electron chi connectivity index (χ2n) is 3.60. The first-order valence-corrected chi connectivity index (χ1v) is 4.77. The number of Topliss-reactive ketones (excluding diaryl/α,β-unsaturated/α-hetero) is 1. The molecular formula is C11H13NO3. The topological polar surface area (TPSA) is 38.8 Å². The fourth-order valence-corrected chi connectivity index (χ4v) is 1.55. The summed E-state index contributed by atoms with van der Waals surface area (Å²) in [6.45, 7) is 2.25. The van der Waals surface area contributed by atoms with Crippen molar-refractivity contribution in [2.45, 2.75) is 6.92 Å². The lowest BCUT2D eigenvalue weighted by molar-refractivity contribution is -0.115. The first-order valence-electron chi connectivity index (χ1n) is 4.77. The molecule has 0 unspecified atom stereocenters. The van der Waals surface area contributed by atoms with Crippen LogP contribution >= 0.6 is 0 Å². The van der Waals surface area contributed by atoms with Gasteiger partial charge in [-0.3, -0.25) is 4.79 Å². The van der Waals surface area contributed by atoms with E-state index in [1.54, 1.807) is 6.92 Å². The lowest BCUT2D eigenvalue weighted by Gasteiger charge is -2.17. The maximum absolute atomic E-state index is 11.0. The van der Waals surface area contributed by atoms with Gasteiger partial charge in [0.15, 0.2) is 11.5 Å². The highest BCUT2D eigenvalue weighted by molar-refractivity contribution is 5.81. The second-order valence-corrected chi connectivity index (χ2v) is 3.60. The van der Waals surface area contributed by atoms with Crippen molar-refractivity contribution in [1.82, 2.24) is 0 Å². The third-order valence-electron chi connectivity index (χ3n) is 2.26. The molecule has 2 rings (SSSR count). The summed E-state index contributed by atoms with van der Waals surface area (Å²) in [5.41, 5.74) is 0.953. The molecule has 15 heavy (non-hydrogen) atoms. The van der Waals surface area contributed by atoms with Crippen LogP contribution in [0.4, 0.5) is 5.69 Å². The van der Waals surface area contributed by atoms with Crippen molar-refractivity contribution in [1.29, 1.82) is 0 Å². The molecule has 0 saturated carbocycles. The molecule has 4 nitrogen and oxygen atoms in total. The van der Waals surface area contributed by atoms with E-state index in [-0.39, 0.29) is 12.6 Å². The third kappa shape index (κ3) is 2.03. The van der Waals surface area contributed by atoms with Crippen LogP contribution in [0, 0.1) is 0 Å². The Morgan fingerprint density at radius 1 is 1.40 bits per heavy atom. The van der Waals surface area contributed by atoms with Crippen molar-refractivity contribution in [3.05, 3.63) is 18.2 Å². The number of hydrogen-bond acceptors (Lipinski definition) is 4. The van der Waals surface area contributed by atoms with E-state index in [9.17, 15) is 4.79 Å². The zero-order valence-corrected chi connectivity index (χ0v) is 8.82. The number of fused-ring (bicyclic) bond motifs is 1. The lowest BCUT2D eigenvalue weighted by atomic mass is 10.2. The maximum Gasteiger partial charge on any atom is 0.231 e. The van der Waals surface area contributed by atoms with Gasteiger partial charge >= 0.3 is 0 Å². The Balaban J connectivity index is 2.19. The first-order chi connectivity index (χ1) is 7.16. The van der Waals surface area contributed by atoms with Crippen LogP contribution in [-0.2, 0) is 4.79 Å². The van der Waals surface area contributed by atoms with Gasteiger partial charge in [-0.1, -0.05) is 0 Å². The number of ketones is 1. The van der Waals surface area contributed by atoms with Gasteiger partial charge < -0.3 is 14.4 Å². The predicted octanol–water partition coefficient (Wildman–Crippen LogP) is 1.44. The van der Waals surface area contributed by atoms with Crippen LogP contribution in [0.1, 0.15) is 6.92 Å². The number of ether oxygens (including phenoxy) is 2. The van der Waals surface area contributed by atoms with E-state index < -0.39 is 0 Å². The zero-order valence-electron chi connectivity index (χ0n) is 8.82.